The van der Waals surface area contributed by atoms with Crippen molar-refractivity contribution in [3.63, 3.8) is 0 Å². The van der Waals surface area contributed by atoms with Gasteiger partial charge in [-0.3, -0.25) is 4.79 Å². The highest BCUT2D eigenvalue weighted by atomic mass is 19.4. The van der Waals surface area contributed by atoms with E-state index in [0.717, 1.165) is 12.1 Å². The minimum atomic E-state index is -4.40. The summed E-state index contributed by atoms with van der Waals surface area (Å²) in [7, 11) is 0. The summed E-state index contributed by atoms with van der Waals surface area (Å²) in [6, 6.07) is 4.75. The van der Waals surface area contributed by atoms with Crippen LogP contribution in [0.4, 0.5) is 13.2 Å². The van der Waals surface area contributed by atoms with Gasteiger partial charge in [-0.1, -0.05) is 19.1 Å². The van der Waals surface area contributed by atoms with E-state index in [4.69, 9.17) is 5.11 Å². The van der Waals surface area contributed by atoms with Crippen molar-refractivity contribution in [1.29, 1.82) is 0 Å². The number of amides is 1. The smallest absolute Gasteiger partial charge is 0.416 e. The first-order valence-corrected chi connectivity index (χ1v) is 8.47. The van der Waals surface area contributed by atoms with E-state index in [-0.39, 0.29) is 31.8 Å². The molecule has 1 atom stereocenters. The van der Waals surface area contributed by atoms with Crippen molar-refractivity contribution < 1.29 is 33.0 Å². The van der Waals surface area contributed by atoms with Crippen LogP contribution in [0.2, 0.25) is 0 Å². The SMILES string of the molecule is CCC(Cc1ccc(C(F)(F)F)cc1)C(=O)N1CCC(O)(C(=O)O)CC1. The highest BCUT2D eigenvalue weighted by molar-refractivity contribution is 5.81. The van der Waals surface area contributed by atoms with Gasteiger partial charge in [-0.15, -0.1) is 0 Å². The van der Waals surface area contributed by atoms with Gasteiger partial charge in [-0.25, -0.2) is 4.79 Å². The number of aliphatic carboxylic acids is 1. The Morgan fingerprint density at radius 3 is 2.15 bits per heavy atom. The molecule has 1 fully saturated rings. The van der Waals surface area contributed by atoms with Gasteiger partial charge < -0.3 is 15.1 Å². The zero-order valence-electron chi connectivity index (χ0n) is 14.4. The van der Waals surface area contributed by atoms with Gasteiger partial charge in [-0.05, 0) is 30.5 Å². The Morgan fingerprint density at radius 1 is 1.19 bits per heavy atom. The van der Waals surface area contributed by atoms with Gasteiger partial charge in [0.05, 0.1) is 5.56 Å². The lowest BCUT2D eigenvalue weighted by molar-refractivity contribution is -0.166. The van der Waals surface area contributed by atoms with Gasteiger partial charge >= 0.3 is 12.1 Å². The number of hydrogen-bond donors (Lipinski definition) is 2. The van der Waals surface area contributed by atoms with Crippen LogP contribution in [-0.2, 0) is 22.2 Å². The fraction of sp³-hybridized carbons (Fsp3) is 0.556. The van der Waals surface area contributed by atoms with E-state index in [2.05, 4.69) is 0 Å². The summed E-state index contributed by atoms with van der Waals surface area (Å²) in [6.07, 6.45) is -3.64. The number of nitrogens with zero attached hydrogens (tertiary/aromatic N) is 1. The lowest BCUT2D eigenvalue weighted by atomic mass is 9.89. The van der Waals surface area contributed by atoms with Crippen molar-refractivity contribution >= 4 is 11.9 Å². The van der Waals surface area contributed by atoms with Crippen LogP contribution < -0.4 is 0 Å². The van der Waals surface area contributed by atoms with E-state index < -0.39 is 29.2 Å². The predicted octanol–water partition coefficient (Wildman–Crippen LogP) is 2.71. The number of piperidine rings is 1. The molecule has 144 valence electrons. The van der Waals surface area contributed by atoms with E-state index in [1.165, 1.54) is 17.0 Å². The molecule has 1 heterocycles. The molecule has 0 spiro atoms. The molecule has 0 bridgehead atoms. The second-order valence-corrected chi connectivity index (χ2v) is 6.67. The Kier molecular flexibility index (Phi) is 5.95. The van der Waals surface area contributed by atoms with Crippen LogP contribution in [0, 0.1) is 5.92 Å². The molecule has 1 saturated heterocycles. The average molecular weight is 373 g/mol. The van der Waals surface area contributed by atoms with Crippen molar-refractivity contribution in [2.24, 2.45) is 5.92 Å². The van der Waals surface area contributed by atoms with E-state index in [1.807, 2.05) is 6.92 Å². The second-order valence-electron chi connectivity index (χ2n) is 6.67. The highest BCUT2D eigenvalue weighted by Gasteiger charge is 2.41. The molecule has 1 aliphatic rings. The molecule has 5 nitrogen and oxygen atoms in total. The van der Waals surface area contributed by atoms with Crippen molar-refractivity contribution in [1.82, 2.24) is 4.90 Å². The molecule has 2 rings (SSSR count). The molecule has 0 saturated carbocycles. The number of aliphatic hydroxyl groups is 1. The number of carboxylic acid groups (broad SMARTS) is 1. The standard InChI is InChI=1S/C18H22F3NO4/c1-2-13(11-12-3-5-14(6-4-12)18(19,20)21)15(23)22-9-7-17(26,8-10-22)16(24)25/h3-6,13,26H,2,7-11H2,1H3,(H,24,25). The van der Waals surface area contributed by atoms with Gasteiger partial charge in [0, 0.05) is 31.8 Å². The third-order valence-electron chi connectivity index (χ3n) is 4.91. The van der Waals surface area contributed by atoms with Crippen LogP contribution in [0.15, 0.2) is 24.3 Å². The summed E-state index contributed by atoms with van der Waals surface area (Å²) in [5.74, 6) is -1.86. The number of carbonyl (C=O) groups is 2. The van der Waals surface area contributed by atoms with Gasteiger partial charge in [0.2, 0.25) is 5.91 Å². The maximum Gasteiger partial charge on any atom is 0.416 e. The third-order valence-corrected chi connectivity index (χ3v) is 4.91. The molecular weight excluding hydrogens is 351 g/mol. The lowest BCUT2D eigenvalue weighted by Crippen LogP contribution is -2.52. The first-order valence-electron chi connectivity index (χ1n) is 8.47. The van der Waals surface area contributed by atoms with Crippen LogP contribution in [0.3, 0.4) is 0 Å². The first-order chi connectivity index (χ1) is 12.1. The topological polar surface area (TPSA) is 77.8 Å². The highest BCUT2D eigenvalue weighted by Crippen LogP contribution is 2.30. The van der Waals surface area contributed by atoms with Crippen LogP contribution in [-0.4, -0.2) is 45.7 Å². The zero-order chi connectivity index (χ0) is 19.5. The van der Waals surface area contributed by atoms with E-state index >= 15 is 0 Å². The summed E-state index contributed by atoms with van der Waals surface area (Å²) in [6.45, 7) is 2.11. The first kappa shape index (κ1) is 20.2. The number of rotatable bonds is 5. The molecule has 2 N–H and O–H groups in total. The van der Waals surface area contributed by atoms with Crippen LogP contribution >= 0.6 is 0 Å². The normalized spacial score (nSPS) is 18.4. The number of carbonyl (C=O) groups excluding carboxylic acids is 1. The fourth-order valence-electron chi connectivity index (χ4n) is 3.09. The summed E-state index contributed by atoms with van der Waals surface area (Å²) in [5.41, 5.74) is -1.90. The molecule has 1 aromatic rings. The van der Waals surface area contributed by atoms with Gasteiger partial charge in [0.1, 0.15) is 0 Å². The van der Waals surface area contributed by atoms with Gasteiger partial charge in [0.15, 0.2) is 5.60 Å². The Bertz CT molecular complexity index is 649. The maximum atomic E-state index is 12.7. The quantitative estimate of drug-likeness (QED) is 0.832. The monoisotopic (exact) mass is 373 g/mol. The van der Waals surface area contributed by atoms with E-state index in [9.17, 15) is 27.9 Å². The minimum Gasteiger partial charge on any atom is -0.479 e. The number of halogens is 3. The number of benzene rings is 1. The summed E-state index contributed by atoms with van der Waals surface area (Å²) >= 11 is 0. The Balaban J connectivity index is 2.00. The zero-order valence-corrected chi connectivity index (χ0v) is 14.4. The molecule has 1 unspecified atom stereocenters. The Labute approximate surface area is 149 Å². The number of likely N-dealkylation sites (tertiary alicyclic amines) is 1. The molecule has 1 aromatic carbocycles. The molecule has 26 heavy (non-hydrogen) atoms. The number of alkyl halides is 3. The summed E-state index contributed by atoms with van der Waals surface area (Å²) in [5, 5.41) is 19.0. The molecule has 0 radical (unpaired) electrons. The molecular formula is C18H22F3NO4. The Hall–Kier alpha value is -2.09. The van der Waals surface area contributed by atoms with Gasteiger partial charge in [0.25, 0.3) is 0 Å². The summed E-state index contributed by atoms with van der Waals surface area (Å²) < 4.78 is 37.8. The van der Waals surface area contributed by atoms with E-state index in [0.29, 0.717) is 18.4 Å². The van der Waals surface area contributed by atoms with Crippen molar-refractivity contribution in [3.8, 4) is 0 Å². The third kappa shape index (κ3) is 4.55. The number of hydrogen-bond acceptors (Lipinski definition) is 3. The minimum absolute atomic E-state index is 0.0369. The van der Waals surface area contributed by atoms with Crippen molar-refractivity contribution in [2.75, 3.05) is 13.1 Å². The van der Waals surface area contributed by atoms with Crippen LogP contribution in [0.5, 0.6) is 0 Å². The average Bonchev–Trinajstić information content (AvgIpc) is 2.59. The van der Waals surface area contributed by atoms with Crippen LogP contribution in [0.1, 0.15) is 37.3 Å². The maximum absolute atomic E-state index is 12.7. The van der Waals surface area contributed by atoms with Crippen molar-refractivity contribution in [2.45, 2.75) is 44.4 Å². The Morgan fingerprint density at radius 2 is 1.73 bits per heavy atom. The van der Waals surface area contributed by atoms with Crippen molar-refractivity contribution in [3.05, 3.63) is 35.4 Å². The summed E-state index contributed by atoms with van der Waals surface area (Å²) in [4.78, 5) is 25.2. The second kappa shape index (κ2) is 7.65. The van der Waals surface area contributed by atoms with Gasteiger partial charge in [-0.2, -0.15) is 13.2 Å². The fourth-order valence-corrected chi connectivity index (χ4v) is 3.09. The number of carboxylic acids is 1. The largest absolute Gasteiger partial charge is 0.479 e. The molecule has 1 amide bonds. The lowest BCUT2D eigenvalue weighted by Gasteiger charge is -2.37. The molecule has 1 aliphatic heterocycles. The van der Waals surface area contributed by atoms with E-state index in [1.54, 1.807) is 0 Å². The van der Waals surface area contributed by atoms with Crippen LogP contribution in [0.25, 0.3) is 0 Å². The molecule has 0 aliphatic carbocycles. The molecule has 0 aromatic heterocycles. The molecule has 8 heteroatoms. The predicted molar refractivity (Wildman–Crippen MR) is 87.3 cm³/mol.